The Hall–Kier alpha value is -0.360. The molecule has 0 saturated carbocycles. The fourth-order valence-corrected chi connectivity index (χ4v) is 5.54. The van der Waals surface area contributed by atoms with E-state index < -0.39 is 0 Å². The van der Waals surface area contributed by atoms with E-state index in [0.29, 0.717) is 26.1 Å². The van der Waals surface area contributed by atoms with E-state index >= 15 is 0 Å². The molecule has 5 nitrogen and oxygen atoms in total. The average Bonchev–Trinajstić information content (AvgIpc) is 3.00. The minimum Gasteiger partial charge on any atom is -0.379 e. The molecule has 1 atom stereocenters. The second-order valence-corrected chi connectivity index (χ2v) is 12.7. The van der Waals surface area contributed by atoms with Crippen molar-refractivity contribution in [1.82, 2.24) is 5.32 Å². The van der Waals surface area contributed by atoms with E-state index in [1.807, 2.05) is 0 Å². The van der Waals surface area contributed by atoms with E-state index in [1.165, 1.54) is 141 Å². The lowest BCUT2D eigenvalue weighted by molar-refractivity contribution is -0.122. The molecular weight excluding hydrogens is 556 g/mol. The van der Waals surface area contributed by atoms with Gasteiger partial charge in [0.05, 0.1) is 12.7 Å². The number of carbonyl (C=O) groups is 1. The number of nitrogens with two attached hydrogens (primary N) is 1. The molecule has 0 bridgehead atoms. The van der Waals surface area contributed by atoms with Gasteiger partial charge in [-0.15, -0.1) is 12.4 Å². The van der Waals surface area contributed by atoms with Crippen LogP contribution in [-0.2, 0) is 14.3 Å². The quantitative estimate of drug-likeness (QED) is 0.0674. The molecule has 0 spiro atoms. The number of ether oxygens (including phenoxy) is 2. The Morgan fingerprint density at radius 2 is 0.953 bits per heavy atom. The summed E-state index contributed by atoms with van der Waals surface area (Å²) in [5, 5.41) is 3.08. The largest absolute Gasteiger partial charge is 0.379 e. The fourth-order valence-electron chi connectivity index (χ4n) is 5.54. The third kappa shape index (κ3) is 37.7. The van der Waals surface area contributed by atoms with Crippen molar-refractivity contribution in [3.63, 3.8) is 0 Å². The molecular formula is C37H77ClN2O3. The summed E-state index contributed by atoms with van der Waals surface area (Å²) < 4.78 is 12.2. The smallest absolute Gasteiger partial charge is 0.220 e. The number of carbonyl (C=O) groups excluding carboxylic acids is 1. The molecule has 0 radical (unpaired) electrons. The molecule has 0 fully saturated rings. The number of rotatable bonds is 36. The van der Waals surface area contributed by atoms with E-state index in [0.717, 1.165) is 45.3 Å². The van der Waals surface area contributed by atoms with Gasteiger partial charge in [-0.1, -0.05) is 162 Å². The van der Waals surface area contributed by atoms with Crippen molar-refractivity contribution < 1.29 is 14.3 Å². The maximum absolute atomic E-state index is 12.3. The highest BCUT2D eigenvalue weighted by atomic mass is 35.5. The summed E-state index contributed by atoms with van der Waals surface area (Å²) >= 11 is 0. The van der Waals surface area contributed by atoms with Crippen LogP contribution in [0.4, 0.5) is 0 Å². The highest BCUT2D eigenvalue weighted by molar-refractivity contribution is 5.85. The Morgan fingerprint density at radius 3 is 1.40 bits per heavy atom. The van der Waals surface area contributed by atoms with E-state index in [-0.39, 0.29) is 24.4 Å². The number of amides is 1. The van der Waals surface area contributed by atoms with Gasteiger partial charge in [0.15, 0.2) is 0 Å². The average molecular weight is 633 g/mol. The van der Waals surface area contributed by atoms with Gasteiger partial charge >= 0.3 is 0 Å². The molecule has 260 valence electrons. The van der Waals surface area contributed by atoms with Crippen LogP contribution in [0.15, 0.2) is 0 Å². The summed E-state index contributed by atoms with van der Waals surface area (Å²) in [7, 11) is 0. The molecule has 0 saturated heterocycles. The van der Waals surface area contributed by atoms with Crippen LogP contribution < -0.4 is 11.1 Å². The molecule has 0 aromatic heterocycles. The second-order valence-electron chi connectivity index (χ2n) is 12.7. The maximum Gasteiger partial charge on any atom is 0.220 e. The normalized spacial score (nSPS) is 11.9. The monoisotopic (exact) mass is 633 g/mol. The van der Waals surface area contributed by atoms with Crippen molar-refractivity contribution in [3.05, 3.63) is 0 Å². The molecule has 1 unspecified atom stereocenters. The van der Waals surface area contributed by atoms with Crippen molar-refractivity contribution in [1.29, 1.82) is 0 Å². The van der Waals surface area contributed by atoms with Crippen molar-refractivity contribution >= 4 is 18.3 Å². The molecule has 43 heavy (non-hydrogen) atoms. The molecule has 0 aliphatic rings. The lowest BCUT2D eigenvalue weighted by Gasteiger charge is -2.19. The lowest BCUT2D eigenvalue weighted by Crippen LogP contribution is -2.36. The van der Waals surface area contributed by atoms with Gasteiger partial charge in [-0.2, -0.15) is 0 Å². The first kappa shape index (κ1) is 44.8. The van der Waals surface area contributed by atoms with Crippen LogP contribution >= 0.6 is 12.4 Å². The molecule has 3 N–H and O–H groups in total. The van der Waals surface area contributed by atoms with E-state index in [9.17, 15) is 4.79 Å². The summed E-state index contributed by atoms with van der Waals surface area (Å²) in [6.45, 7) is 7.94. The first-order valence-electron chi connectivity index (χ1n) is 18.9. The highest BCUT2D eigenvalue weighted by Gasteiger charge is 2.12. The first-order chi connectivity index (χ1) is 20.7. The predicted octanol–water partition coefficient (Wildman–Crippen LogP) is 10.8. The molecule has 0 aromatic carbocycles. The van der Waals surface area contributed by atoms with Gasteiger partial charge in [0.2, 0.25) is 5.91 Å². The Balaban J connectivity index is 0. The van der Waals surface area contributed by atoms with Crippen LogP contribution in [-0.4, -0.2) is 44.9 Å². The van der Waals surface area contributed by atoms with Crippen LogP contribution in [0.1, 0.15) is 194 Å². The molecule has 6 heteroatoms. The van der Waals surface area contributed by atoms with Crippen LogP contribution in [0, 0.1) is 0 Å². The molecule has 0 aliphatic carbocycles. The van der Waals surface area contributed by atoms with Gasteiger partial charge in [-0.3, -0.25) is 4.79 Å². The van der Waals surface area contributed by atoms with Crippen molar-refractivity contribution in [2.75, 3.05) is 32.9 Å². The van der Waals surface area contributed by atoms with Gasteiger partial charge < -0.3 is 20.5 Å². The number of nitrogens with one attached hydrogen (secondary N) is 1. The second kappa shape index (κ2) is 39.7. The number of unbranched alkanes of at least 4 members (excludes halogenated alkanes) is 24. The van der Waals surface area contributed by atoms with Gasteiger partial charge in [0.25, 0.3) is 0 Å². The third-order valence-corrected chi connectivity index (χ3v) is 8.43. The minimum atomic E-state index is -0.0528. The maximum atomic E-state index is 12.3. The highest BCUT2D eigenvalue weighted by Crippen LogP contribution is 2.13. The van der Waals surface area contributed by atoms with Gasteiger partial charge in [-0.25, -0.2) is 0 Å². The van der Waals surface area contributed by atoms with E-state index in [4.69, 9.17) is 15.2 Å². The number of hydrogen-bond donors (Lipinski definition) is 2. The fraction of sp³-hybridized carbons (Fsp3) is 0.973. The van der Waals surface area contributed by atoms with Gasteiger partial charge in [0, 0.05) is 26.2 Å². The Morgan fingerprint density at radius 1 is 0.558 bits per heavy atom. The number of hydrogen-bond acceptors (Lipinski definition) is 4. The summed E-state index contributed by atoms with van der Waals surface area (Å²) in [6.07, 6.45) is 35.8. The van der Waals surface area contributed by atoms with Gasteiger partial charge in [0.1, 0.15) is 0 Å². The predicted molar refractivity (Wildman–Crippen MR) is 190 cm³/mol. The SMILES string of the molecule is CCCCCCCCCCCCCCOCC(CNC(=O)CCCCCN)OCCCCCCCCCCCCCC.Cl. The van der Waals surface area contributed by atoms with Crippen molar-refractivity contribution in [3.8, 4) is 0 Å². The van der Waals surface area contributed by atoms with Crippen LogP contribution in [0.25, 0.3) is 0 Å². The molecule has 0 heterocycles. The lowest BCUT2D eigenvalue weighted by atomic mass is 10.1. The van der Waals surface area contributed by atoms with Crippen molar-refractivity contribution in [2.45, 2.75) is 200 Å². The van der Waals surface area contributed by atoms with Crippen LogP contribution in [0.5, 0.6) is 0 Å². The summed E-state index contributed by atoms with van der Waals surface area (Å²) in [6, 6.07) is 0. The Labute approximate surface area is 275 Å². The zero-order valence-corrected chi connectivity index (χ0v) is 29.9. The van der Waals surface area contributed by atoms with Crippen LogP contribution in [0.3, 0.4) is 0 Å². The van der Waals surface area contributed by atoms with Crippen molar-refractivity contribution in [2.24, 2.45) is 5.73 Å². The molecule has 0 aliphatic heterocycles. The van der Waals surface area contributed by atoms with E-state index in [2.05, 4.69) is 19.2 Å². The molecule has 1 amide bonds. The van der Waals surface area contributed by atoms with E-state index in [1.54, 1.807) is 0 Å². The summed E-state index contributed by atoms with van der Waals surface area (Å²) in [5.74, 6) is 0.118. The standard InChI is InChI=1S/C37H76N2O3.ClH/c1-3-5-7-9-11-13-15-17-19-21-23-28-32-41-35-36(34-39-37(40)30-26-25-27-31-38)42-33-29-24-22-20-18-16-14-12-10-8-6-4-2;/h36H,3-35,38H2,1-2H3,(H,39,40);1H. The third-order valence-electron chi connectivity index (χ3n) is 8.43. The zero-order valence-electron chi connectivity index (χ0n) is 29.1. The zero-order chi connectivity index (χ0) is 30.6. The minimum absolute atomic E-state index is 0. The Kier molecular flexibility index (Phi) is 41.3. The summed E-state index contributed by atoms with van der Waals surface area (Å²) in [5.41, 5.74) is 5.56. The molecule has 0 rings (SSSR count). The topological polar surface area (TPSA) is 73.6 Å². The molecule has 0 aromatic rings. The van der Waals surface area contributed by atoms with Crippen LogP contribution in [0.2, 0.25) is 0 Å². The summed E-state index contributed by atoms with van der Waals surface area (Å²) in [4.78, 5) is 12.3. The number of halogens is 1. The van der Waals surface area contributed by atoms with Gasteiger partial charge in [-0.05, 0) is 32.2 Å². The Bertz CT molecular complexity index is 524. The first-order valence-corrected chi connectivity index (χ1v) is 18.9.